The summed E-state index contributed by atoms with van der Waals surface area (Å²) in [6.07, 6.45) is 0. The van der Waals surface area contributed by atoms with Crippen LogP contribution < -0.4 is 10.7 Å². The highest BCUT2D eigenvalue weighted by Gasteiger charge is 2.04. The lowest BCUT2D eigenvalue weighted by Crippen LogP contribution is -2.26. The van der Waals surface area contributed by atoms with Crippen LogP contribution in [0.15, 0.2) is 53.6 Å². The van der Waals surface area contributed by atoms with Crippen LogP contribution in [-0.2, 0) is 4.79 Å². The van der Waals surface area contributed by atoms with E-state index in [-0.39, 0.29) is 12.5 Å². The molecule has 0 heterocycles. The highest BCUT2D eigenvalue weighted by atomic mass is 16.2. The smallest absolute Gasteiger partial charge is 0.259 e. The number of aryl methyl sites for hydroxylation is 2. The first-order chi connectivity index (χ1) is 10.6. The molecule has 0 saturated carbocycles. The van der Waals surface area contributed by atoms with Gasteiger partial charge in [0, 0.05) is 11.3 Å². The molecular weight excluding hydrogens is 274 g/mol. The van der Waals surface area contributed by atoms with Gasteiger partial charge in [-0.05, 0) is 44.5 Å². The second-order valence-corrected chi connectivity index (χ2v) is 5.27. The number of nitrogens with one attached hydrogen (secondary N) is 2. The van der Waals surface area contributed by atoms with Crippen LogP contribution in [0.3, 0.4) is 0 Å². The topological polar surface area (TPSA) is 53.5 Å². The molecule has 22 heavy (non-hydrogen) atoms. The van der Waals surface area contributed by atoms with Crippen molar-refractivity contribution < 1.29 is 4.79 Å². The van der Waals surface area contributed by atoms with Gasteiger partial charge in [0.05, 0.1) is 12.3 Å². The van der Waals surface area contributed by atoms with Crippen LogP contribution in [0.25, 0.3) is 0 Å². The zero-order valence-corrected chi connectivity index (χ0v) is 13.2. The van der Waals surface area contributed by atoms with E-state index in [1.165, 1.54) is 5.56 Å². The number of hydrogen-bond donors (Lipinski definition) is 2. The van der Waals surface area contributed by atoms with E-state index in [9.17, 15) is 4.79 Å². The summed E-state index contributed by atoms with van der Waals surface area (Å²) >= 11 is 0. The lowest BCUT2D eigenvalue weighted by atomic mass is 10.0. The fourth-order valence-electron chi connectivity index (χ4n) is 2.11. The van der Waals surface area contributed by atoms with Crippen molar-refractivity contribution in [3.63, 3.8) is 0 Å². The highest BCUT2D eigenvalue weighted by Crippen LogP contribution is 2.11. The van der Waals surface area contributed by atoms with E-state index in [1.54, 1.807) is 0 Å². The summed E-state index contributed by atoms with van der Waals surface area (Å²) in [6, 6.07) is 15.8. The van der Waals surface area contributed by atoms with E-state index >= 15 is 0 Å². The molecule has 2 aromatic rings. The number of nitrogens with zero attached hydrogens (tertiary/aromatic N) is 1. The fourth-order valence-corrected chi connectivity index (χ4v) is 2.11. The molecule has 2 N–H and O–H groups in total. The van der Waals surface area contributed by atoms with Crippen LogP contribution in [0.1, 0.15) is 23.6 Å². The van der Waals surface area contributed by atoms with Crippen molar-refractivity contribution in [1.29, 1.82) is 0 Å². The third kappa shape index (κ3) is 4.45. The Bertz CT molecular complexity index is 678. The molecule has 4 nitrogen and oxygen atoms in total. The maximum Gasteiger partial charge on any atom is 0.259 e. The molecule has 2 aromatic carbocycles. The quantitative estimate of drug-likeness (QED) is 0.657. The van der Waals surface area contributed by atoms with Gasteiger partial charge in [-0.25, -0.2) is 5.43 Å². The monoisotopic (exact) mass is 295 g/mol. The van der Waals surface area contributed by atoms with Crippen molar-refractivity contribution in [1.82, 2.24) is 5.43 Å². The standard InChI is InChI=1S/C18H21N3O/c1-13-9-10-14(2)17(11-13)15(3)20-21-18(22)12-19-16-7-5-4-6-8-16/h4-11,19H,12H2,1-3H3,(H,21,22)/b20-15-. The number of carbonyl (C=O) groups is 1. The van der Waals surface area contributed by atoms with Gasteiger partial charge in [-0.15, -0.1) is 0 Å². The van der Waals surface area contributed by atoms with Gasteiger partial charge in [0.15, 0.2) is 0 Å². The third-order valence-electron chi connectivity index (χ3n) is 3.36. The average Bonchev–Trinajstić information content (AvgIpc) is 2.54. The summed E-state index contributed by atoms with van der Waals surface area (Å²) in [7, 11) is 0. The second-order valence-electron chi connectivity index (χ2n) is 5.27. The summed E-state index contributed by atoms with van der Waals surface area (Å²) in [5, 5.41) is 7.23. The summed E-state index contributed by atoms with van der Waals surface area (Å²) < 4.78 is 0. The van der Waals surface area contributed by atoms with Crippen LogP contribution in [0, 0.1) is 13.8 Å². The Hall–Kier alpha value is -2.62. The Morgan fingerprint density at radius 1 is 1.09 bits per heavy atom. The zero-order chi connectivity index (χ0) is 15.9. The SMILES string of the molecule is C/C(=N/NC(=O)CNc1ccccc1)c1cc(C)ccc1C. The molecule has 0 saturated heterocycles. The van der Waals surface area contributed by atoms with Gasteiger partial charge in [0.25, 0.3) is 5.91 Å². The molecule has 114 valence electrons. The molecule has 0 aliphatic heterocycles. The molecule has 4 heteroatoms. The summed E-state index contributed by atoms with van der Waals surface area (Å²) in [5.41, 5.74) is 7.66. The Kier molecular flexibility index (Phi) is 5.31. The number of carbonyl (C=O) groups excluding carboxylic acids is 1. The van der Waals surface area contributed by atoms with Gasteiger partial charge >= 0.3 is 0 Å². The van der Waals surface area contributed by atoms with Gasteiger partial charge in [0.2, 0.25) is 0 Å². The van der Waals surface area contributed by atoms with E-state index in [1.807, 2.05) is 51.1 Å². The molecule has 0 aromatic heterocycles. The molecule has 0 aliphatic rings. The minimum atomic E-state index is -0.173. The lowest BCUT2D eigenvalue weighted by molar-refractivity contribution is -0.119. The number of amides is 1. The first-order valence-electron chi connectivity index (χ1n) is 7.26. The molecule has 0 spiro atoms. The predicted octanol–water partition coefficient (Wildman–Crippen LogP) is 3.26. The number of benzene rings is 2. The van der Waals surface area contributed by atoms with Gasteiger partial charge in [-0.1, -0.05) is 35.9 Å². The highest BCUT2D eigenvalue weighted by molar-refractivity contribution is 6.00. The molecule has 2 rings (SSSR count). The first-order valence-corrected chi connectivity index (χ1v) is 7.26. The van der Waals surface area contributed by atoms with Crippen molar-refractivity contribution in [2.75, 3.05) is 11.9 Å². The normalized spacial score (nSPS) is 11.1. The number of hydrazone groups is 1. The van der Waals surface area contributed by atoms with Crippen molar-refractivity contribution in [2.45, 2.75) is 20.8 Å². The second kappa shape index (κ2) is 7.41. The van der Waals surface area contributed by atoms with Gasteiger partial charge in [-0.3, -0.25) is 4.79 Å². The molecule has 0 aliphatic carbocycles. The van der Waals surface area contributed by atoms with E-state index in [4.69, 9.17) is 0 Å². The molecule has 0 bridgehead atoms. The Balaban J connectivity index is 1.93. The van der Waals surface area contributed by atoms with Crippen molar-refractivity contribution in [2.24, 2.45) is 5.10 Å². The third-order valence-corrected chi connectivity index (χ3v) is 3.36. The van der Waals surface area contributed by atoms with Crippen LogP contribution >= 0.6 is 0 Å². The molecule has 0 atom stereocenters. The molecular formula is C18H21N3O. The van der Waals surface area contributed by atoms with Crippen LogP contribution in [0.2, 0.25) is 0 Å². The van der Waals surface area contributed by atoms with Crippen LogP contribution in [-0.4, -0.2) is 18.2 Å². The molecule has 0 fully saturated rings. The van der Waals surface area contributed by atoms with E-state index < -0.39 is 0 Å². The molecule has 0 unspecified atom stereocenters. The minimum absolute atomic E-state index is 0.173. The van der Waals surface area contributed by atoms with E-state index in [0.29, 0.717) is 0 Å². The number of para-hydroxylation sites is 1. The fraction of sp³-hybridized carbons (Fsp3) is 0.222. The lowest BCUT2D eigenvalue weighted by Gasteiger charge is -2.08. The van der Waals surface area contributed by atoms with Crippen LogP contribution in [0.5, 0.6) is 0 Å². The van der Waals surface area contributed by atoms with Crippen molar-refractivity contribution in [3.8, 4) is 0 Å². The van der Waals surface area contributed by atoms with Gasteiger partial charge in [0.1, 0.15) is 0 Å². The summed E-state index contributed by atoms with van der Waals surface area (Å²) in [4.78, 5) is 11.8. The maximum absolute atomic E-state index is 11.8. The van der Waals surface area contributed by atoms with Gasteiger partial charge < -0.3 is 5.32 Å². The van der Waals surface area contributed by atoms with E-state index in [2.05, 4.69) is 34.0 Å². The Morgan fingerprint density at radius 3 is 2.55 bits per heavy atom. The Labute approximate surface area is 131 Å². The van der Waals surface area contributed by atoms with Crippen molar-refractivity contribution in [3.05, 3.63) is 65.2 Å². The number of rotatable bonds is 5. The average molecular weight is 295 g/mol. The maximum atomic E-state index is 11.8. The number of hydrogen-bond acceptors (Lipinski definition) is 3. The van der Waals surface area contributed by atoms with Crippen LogP contribution in [0.4, 0.5) is 5.69 Å². The van der Waals surface area contributed by atoms with Gasteiger partial charge in [-0.2, -0.15) is 5.10 Å². The first kappa shape index (κ1) is 15.8. The molecule has 0 radical (unpaired) electrons. The molecule has 1 amide bonds. The summed E-state index contributed by atoms with van der Waals surface area (Å²) in [5.74, 6) is -0.173. The van der Waals surface area contributed by atoms with E-state index in [0.717, 1.165) is 22.5 Å². The van der Waals surface area contributed by atoms with Crippen molar-refractivity contribution >= 4 is 17.3 Å². The number of anilines is 1. The zero-order valence-electron chi connectivity index (χ0n) is 13.2. The Morgan fingerprint density at radius 2 is 1.82 bits per heavy atom. The predicted molar refractivity (Wildman–Crippen MR) is 91.2 cm³/mol. The largest absolute Gasteiger partial charge is 0.376 e. The summed E-state index contributed by atoms with van der Waals surface area (Å²) in [6.45, 7) is 6.16. The minimum Gasteiger partial charge on any atom is -0.376 e.